The molecule has 1 aliphatic rings. The van der Waals surface area contributed by atoms with E-state index in [4.69, 9.17) is 5.73 Å². The van der Waals surface area contributed by atoms with Gasteiger partial charge in [-0.2, -0.15) is 17.5 Å². The van der Waals surface area contributed by atoms with Gasteiger partial charge in [0.1, 0.15) is 4.90 Å². The molecule has 1 aromatic heterocycles. The summed E-state index contributed by atoms with van der Waals surface area (Å²) < 4.78 is 67.1. The fourth-order valence-corrected chi connectivity index (χ4v) is 3.97. The quantitative estimate of drug-likeness (QED) is 0.814. The van der Waals surface area contributed by atoms with Crippen molar-refractivity contribution in [2.24, 2.45) is 11.7 Å². The molecule has 1 aromatic rings. The zero-order valence-electron chi connectivity index (χ0n) is 13.6. The number of nitrogens with zero attached hydrogens (tertiary/aromatic N) is 2. The number of aromatic nitrogens is 1. The minimum Gasteiger partial charge on any atom is -0.468 e. The topological polar surface area (TPSA) is 85.5 Å². The smallest absolute Gasteiger partial charge is 0.422 e. The molecule has 0 aliphatic carbocycles. The van der Waals surface area contributed by atoms with E-state index in [-0.39, 0.29) is 35.1 Å². The maximum Gasteiger partial charge on any atom is 0.422 e. The molecule has 1 fully saturated rings. The summed E-state index contributed by atoms with van der Waals surface area (Å²) in [6, 6.07) is 2.33. The number of rotatable bonds is 5. The first-order valence-corrected chi connectivity index (χ1v) is 8.95. The summed E-state index contributed by atoms with van der Waals surface area (Å²) in [5.41, 5.74) is 5.84. The predicted molar refractivity (Wildman–Crippen MR) is 88.2 cm³/mol. The zero-order valence-corrected chi connectivity index (χ0v) is 15.2. The highest BCUT2D eigenvalue weighted by Crippen LogP contribution is 2.25. The first kappa shape index (κ1) is 21.9. The Kier molecular flexibility index (Phi) is 7.48. The van der Waals surface area contributed by atoms with Crippen LogP contribution >= 0.6 is 12.4 Å². The Morgan fingerprint density at radius 1 is 1.36 bits per heavy atom. The third-order valence-electron chi connectivity index (χ3n) is 3.97. The largest absolute Gasteiger partial charge is 0.468 e. The summed E-state index contributed by atoms with van der Waals surface area (Å²) in [7, 11) is -3.72. The molecule has 1 unspecified atom stereocenters. The molecular weight excluding hydrogens is 383 g/mol. The highest BCUT2D eigenvalue weighted by molar-refractivity contribution is 7.89. The van der Waals surface area contributed by atoms with E-state index in [9.17, 15) is 21.6 Å². The Hall–Kier alpha value is -1.10. The number of pyridine rings is 1. The number of ether oxygens (including phenoxy) is 1. The summed E-state index contributed by atoms with van der Waals surface area (Å²) in [4.78, 5) is 3.57. The number of halogens is 4. The Balaban J connectivity index is 0.00000312. The van der Waals surface area contributed by atoms with Crippen molar-refractivity contribution in [2.75, 3.05) is 19.7 Å². The van der Waals surface area contributed by atoms with E-state index in [0.717, 1.165) is 12.3 Å². The molecule has 2 N–H and O–H groups in total. The second kappa shape index (κ2) is 8.52. The monoisotopic (exact) mass is 403 g/mol. The molecule has 1 saturated heterocycles. The van der Waals surface area contributed by atoms with E-state index in [1.54, 1.807) is 0 Å². The van der Waals surface area contributed by atoms with Crippen LogP contribution in [0.1, 0.15) is 19.8 Å². The number of alkyl halides is 3. The molecular formula is C14H21ClF3N3O3S. The molecule has 11 heteroatoms. The van der Waals surface area contributed by atoms with Crippen LogP contribution < -0.4 is 10.5 Å². The van der Waals surface area contributed by atoms with Crippen molar-refractivity contribution in [1.29, 1.82) is 0 Å². The fourth-order valence-electron chi connectivity index (χ4n) is 2.55. The molecule has 144 valence electrons. The van der Waals surface area contributed by atoms with E-state index >= 15 is 0 Å². The van der Waals surface area contributed by atoms with Crippen molar-refractivity contribution in [1.82, 2.24) is 9.29 Å². The lowest BCUT2D eigenvalue weighted by atomic mass is 9.92. The summed E-state index contributed by atoms with van der Waals surface area (Å²) in [6.45, 7) is 1.15. The lowest BCUT2D eigenvalue weighted by molar-refractivity contribution is -0.154. The van der Waals surface area contributed by atoms with Crippen molar-refractivity contribution in [3.05, 3.63) is 18.3 Å². The van der Waals surface area contributed by atoms with Crippen LogP contribution in [0.4, 0.5) is 13.2 Å². The van der Waals surface area contributed by atoms with Gasteiger partial charge in [-0.1, -0.05) is 0 Å². The maximum absolute atomic E-state index is 12.5. The highest BCUT2D eigenvalue weighted by atomic mass is 35.5. The average molecular weight is 404 g/mol. The predicted octanol–water partition coefficient (Wildman–Crippen LogP) is 2.19. The molecule has 2 heterocycles. The maximum atomic E-state index is 12.5. The van der Waals surface area contributed by atoms with Gasteiger partial charge in [0.25, 0.3) is 0 Å². The zero-order chi connectivity index (χ0) is 18.0. The minimum atomic E-state index is -4.48. The molecule has 0 amide bonds. The fraction of sp³-hybridized carbons (Fsp3) is 0.643. The van der Waals surface area contributed by atoms with Crippen molar-refractivity contribution in [3.63, 3.8) is 0 Å². The molecule has 0 saturated carbocycles. The second-order valence-electron chi connectivity index (χ2n) is 5.84. The van der Waals surface area contributed by atoms with Gasteiger partial charge in [-0.3, -0.25) is 0 Å². The van der Waals surface area contributed by atoms with Gasteiger partial charge >= 0.3 is 6.18 Å². The molecule has 25 heavy (non-hydrogen) atoms. The molecule has 0 spiro atoms. The van der Waals surface area contributed by atoms with Crippen LogP contribution in [-0.4, -0.2) is 49.6 Å². The van der Waals surface area contributed by atoms with Crippen LogP contribution in [0.25, 0.3) is 0 Å². The van der Waals surface area contributed by atoms with Crippen LogP contribution in [0.2, 0.25) is 0 Å². The van der Waals surface area contributed by atoms with Gasteiger partial charge in [-0.25, -0.2) is 13.4 Å². The van der Waals surface area contributed by atoms with Gasteiger partial charge in [-0.05, 0) is 31.7 Å². The van der Waals surface area contributed by atoms with Crippen molar-refractivity contribution >= 4 is 22.4 Å². The summed E-state index contributed by atoms with van der Waals surface area (Å²) in [5.74, 6) is 0.00894. The van der Waals surface area contributed by atoms with Gasteiger partial charge < -0.3 is 10.5 Å². The van der Waals surface area contributed by atoms with E-state index in [1.807, 2.05) is 6.92 Å². The van der Waals surface area contributed by atoms with Crippen LogP contribution in [-0.2, 0) is 10.0 Å². The average Bonchev–Trinajstić information content (AvgIpc) is 2.52. The van der Waals surface area contributed by atoms with Crippen molar-refractivity contribution < 1.29 is 26.3 Å². The Labute approximate surface area is 151 Å². The van der Waals surface area contributed by atoms with E-state index in [0.29, 0.717) is 25.9 Å². The standard InChI is InChI=1S/C14H20F3N3O3S.ClH/c1-10(18)11-4-6-20(7-5-11)24(21,22)12-2-3-13(19-8-12)23-9-14(15,16)17;/h2-3,8,10-11H,4-7,9,18H2,1H3;1H. The minimum absolute atomic E-state index is 0. The van der Waals surface area contributed by atoms with Crippen LogP contribution in [0.5, 0.6) is 5.88 Å². The number of nitrogens with two attached hydrogens (primary N) is 1. The third kappa shape index (κ3) is 5.98. The van der Waals surface area contributed by atoms with Crippen LogP contribution in [0, 0.1) is 5.92 Å². The summed E-state index contributed by atoms with van der Waals surface area (Å²) >= 11 is 0. The van der Waals surface area contributed by atoms with Crippen LogP contribution in [0.3, 0.4) is 0 Å². The summed E-state index contributed by atoms with van der Waals surface area (Å²) in [6.07, 6.45) is -2.11. The molecule has 1 aliphatic heterocycles. The first-order chi connectivity index (χ1) is 11.1. The number of sulfonamides is 1. The third-order valence-corrected chi connectivity index (χ3v) is 5.86. The number of hydrogen-bond acceptors (Lipinski definition) is 5. The van der Waals surface area contributed by atoms with E-state index < -0.39 is 22.8 Å². The molecule has 1 atom stereocenters. The highest BCUT2D eigenvalue weighted by Gasteiger charge is 2.31. The molecule has 2 rings (SSSR count). The first-order valence-electron chi connectivity index (χ1n) is 7.51. The normalized spacial score (nSPS) is 18.4. The SMILES string of the molecule is CC(N)C1CCN(S(=O)(=O)c2ccc(OCC(F)(F)F)nc2)CC1.Cl. The van der Waals surface area contributed by atoms with Gasteiger partial charge in [0.15, 0.2) is 6.61 Å². The Morgan fingerprint density at radius 2 is 1.96 bits per heavy atom. The van der Waals surface area contributed by atoms with Gasteiger partial charge in [0, 0.05) is 25.2 Å². The van der Waals surface area contributed by atoms with Crippen molar-refractivity contribution in [2.45, 2.75) is 36.9 Å². The molecule has 0 aromatic carbocycles. The molecule has 0 radical (unpaired) electrons. The second-order valence-corrected chi connectivity index (χ2v) is 7.77. The van der Waals surface area contributed by atoms with E-state index in [1.165, 1.54) is 10.4 Å². The lowest BCUT2D eigenvalue weighted by Gasteiger charge is -2.32. The van der Waals surface area contributed by atoms with E-state index in [2.05, 4.69) is 9.72 Å². The number of piperidine rings is 1. The van der Waals surface area contributed by atoms with Gasteiger partial charge in [0.05, 0.1) is 6.20 Å². The van der Waals surface area contributed by atoms with Crippen molar-refractivity contribution in [3.8, 4) is 5.88 Å². The number of hydrogen-bond donors (Lipinski definition) is 1. The Bertz CT molecular complexity index is 646. The van der Waals surface area contributed by atoms with Gasteiger partial charge in [-0.15, -0.1) is 12.4 Å². The molecule has 0 bridgehead atoms. The van der Waals surface area contributed by atoms with Crippen LogP contribution in [0.15, 0.2) is 23.2 Å². The van der Waals surface area contributed by atoms with Gasteiger partial charge in [0.2, 0.25) is 15.9 Å². The molecule has 6 nitrogen and oxygen atoms in total. The lowest BCUT2D eigenvalue weighted by Crippen LogP contribution is -2.42. The summed E-state index contributed by atoms with van der Waals surface area (Å²) in [5, 5.41) is 0. The Morgan fingerprint density at radius 3 is 2.40 bits per heavy atom.